The molecule has 0 spiro atoms. The molecule has 6 heteroatoms. The van der Waals surface area contributed by atoms with Crippen LogP contribution >= 0.6 is 0 Å². The SMILES string of the molecule is CCc1ccc2oc(=O)cc(CN3CCN(C(C)=O)CC(O)C3)c2c1. The third kappa shape index (κ3) is 4.08. The van der Waals surface area contributed by atoms with Crippen molar-refractivity contribution >= 4 is 16.9 Å². The molecule has 134 valence electrons. The number of rotatable bonds is 3. The Morgan fingerprint density at radius 2 is 2.08 bits per heavy atom. The maximum Gasteiger partial charge on any atom is 0.336 e. The van der Waals surface area contributed by atoms with E-state index in [4.69, 9.17) is 4.42 Å². The summed E-state index contributed by atoms with van der Waals surface area (Å²) in [6, 6.07) is 7.40. The van der Waals surface area contributed by atoms with Crippen LogP contribution < -0.4 is 5.63 Å². The molecular weight excluding hydrogens is 320 g/mol. The van der Waals surface area contributed by atoms with E-state index in [2.05, 4.69) is 17.9 Å². The molecule has 0 bridgehead atoms. The van der Waals surface area contributed by atoms with Gasteiger partial charge in [-0.2, -0.15) is 0 Å². The Morgan fingerprint density at radius 1 is 1.28 bits per heavy atom. The van der Waals surface area contributed by atoms with Crippen molar-refractivity contribution in [1.82, 2.24) is 9.80 Å². The van der Waals surface area contributed by atoms with Crippen LogP contribution in [-0.4, -0.2) is 53.1 Å². The highest BCUT2D eigenvalue weighted by atomic mass is 16.4. The van der Waals surface area contributed by atoms with E-state index in [1.165, 1.54) is 18.6 Å². The van der Waals surface area contributed by atoms with Crippen molar-refractivity contribution in [3.63, 3.8) is 0 Å². The maximum absolute atomic E-state index is 11.9. The summed E-state index contributed by atoms with van der Waals surface area (Å²) in [7, 11) is 0. The van der Waals surface area contributed by atoms with Gasteiger partial charge in [0, 0.05) is 51.1 Å². The molecule has 1 aromatic carbocycles. The fourth-order valence-corrected chi connectivity index (χ4v) is 3.35. The predicted octanol–water partition coefficient (Wildman–Crippen LogP) is 1.38. The van der Waals surface area contributed by atoms with Gasteiger partial charge in [0.15, 0.2) is 0 Å². The van der Waals surface area contributed by atoms with Gasteiger partial charge in [-0.3, -0.25) is 9.69 Å². The summed E-state index contributed by atoms with van der Waals surface area (Å²) in [4.78, 5) is 27.2. The second-order valence-corrected chi connectivity index (χ2v) is 6.63. The number of aliphatic hydroxyl groups is 1. The van der Waals surface area contributed by atoms with Crippen LogP contribution in [0.5, 0.6) is 0 Å². The van der Waals surface area contributed by atoms with Crippen LogP contribution in [0.4, 0.5) is 0 Å². The lowest BCUT2D eigenvalue weighted by atomic mass is 10.0. The van der Waals surface area contributed by atoms with Gasteiger partial charge in [-0.25, -0.2) is 4.79 Å². The van der Waals surface area contributed by atoms with Crippen molar-refractivity contribution in [2.75, 3.05) is 26.2 Å². The minimum absolute atomic E-state index is 0.0284. The Labute approximate surface area is 146 Å². The van der Waals surface area contributed by atoms with Crippen LogP contribution in [0.15, 0.2) is 33.5 Å². The quantitative estimate of drug-likeness (QED) is 0.852. The summed E-state index contributed by atoms with van der Waals surface area (Å²) in [6.07, 6.45) is 0.314. The average Bonchev–Trinajstić information content (AvgIpc) is 2.75. The Hall–Kier alpha value is -2.18. The Balaban J connectivity index is 1.89. The van der Waals surface area contributed by atoms with E-state index in [1.54, 1.807) is 4.90 Å². The van der Waals surface area contributed by atoms with E-state index < -0.39 is 6.10 Å². The molecule has 3 rings (SSSR count). The molecule has 1 fully saturated rings. The van der Waals surface area contributed by atoms with Gasteiger partial charge in [-0.15, -0.1) is 0 Å². The summed E-state index contributed by atoms with van der Waals surface area (Å²) in [6.45, 7) is 6.20. The van der Waals surface area contributed by atoms with Gasteiger partial charge in [-0.05, 0) is 29.7 Å². The first-order valence-electron chi connectivity index (χ1n) is 8.68. The number of benzene rings is 1. The lowest BCUT2D eigenvalue weighted by Gasteiger charge is -2.21. The van der Waals surface area contributed by atoms with Crippen molar-refractivity contribution < 1.29 is 14.3 Å². The summed E-state index contributed by atoms with van der Waals surface area (Å²) >= 11 is 0. The van der Waals surface area contributed by atoms with E-state index in [9.17, 15) is 14.7 Å². The van der Waals surface area contributed by atoms with Gasteiger partial charge in [0.2, 0.25) is 5.91 Å². The number of aryl methyl sites for hydroxylation is 1. The van der Waals surface area contributed by atoms with Gasteiger partial charge in [-0.1, -0.05) is 13.0 Å². The Bertz CT molecular complexity index is 830. The number of carbonyl (C=O) groups excluding carboxylic acids is 1. The van der Waals surface area contributed by atoms with Gasteiger partial charge in [0.05, 0.1) is 6.10 Å². The third-order valence-corrected chi connectivity index (χ3v) is 4.73. The summed E-state index contributed by atoms with van der Waals surface area (Å²) in [5, 5.41) is 11.1. The molecule has 1 aromatic heterocycles. The average molecular weight is 344 g/mol. The highest BCUT2D eigenvalue weighted by Gasteiger charge is 2.23. The minimum Gasteiger partial charge on any atom is -0.423 e. The fraction of sp³-hybridized carbons (Fsp3) is 0.474. The zero-order chi connectivity index (χ0) is 18.0. The van der Waals surface area contributed by atoms with Crippen molar-refractivity contribution in [3.8, 4) is 0 Å². The topological polar surface area (TPSA) is 74.0 Å². The van der Waals surface area contributed by atoms with Crippen LogP contribution in [0, 0.1) is 0 Å². The molecule has 25 heavy (non-hydrogen) atoms. The second-order valence-electron chi connectivity index (χ2n) is 6.63. The largest absolute Gasteiger partial charge is 0.423 e. The van der Waals surface area contributed by atoms with Crippen LogP contribution in [-0.2, 0) is 17.8 Å². The monoisotopic (exact) mass is 344 g/mol. The summed E-state index contributed by atoms with van der Waals surface area (Å²) in [5.41, 5.74) is 2.29. The molecule has 6 nitrogen and oxygen atoms in total. The molecule has 1 aliphatic heterocycles. The Kier molecular flexibility index (Phi) is 5.20. The number of aliphatic hydroxyl groups excluding tert-OH is 1. The second kappa shape index (κ2) is 7.37. The third-order valence-electron chi connectivity index (χ3n) is 4.73. The van der Waals surface area contributed by atoms with E-state index in [1.807, 2.05) is 12.1 Å². The van der Waals surface area contributed by atoms with Crippen molar-refractivity contribution in [2.45, 2.75) is 32.9 Å². The molecule has 2 aromatic rings. The normalized spacial score (nSPS) is 19.2. The van der Waals surface area contributed by atoms with Crippen LogP contribution in [0.1, 0.15) is 25.0 Å². The number of hydrogen-bond donors (Lipinski definition) is 1. The van der Waals surface area contributed by atoms with Gasteiger partial charge in [0.1, 0.15) is 5.58 Å². The van der Waals surface area contributed by atoms with Crippen molar-refractivity contribution in [1.29, 1.82) is 0 Å². The molecule has 1 saturated heterocycles. The molecule has 1 amide bonds. The molecule has 1 N–H and O–H groups in total. The number of amides is 1. The smallest absolute Gasteiger partial charge is 0.336 e. The molecule has 0 radical (unpaired) electrons. The van der Waals surface area contributed by atoms with E-state index >= 15 is 0 Å². The molecule has 0 aliphatic carbocycles. The van der Waals surface area contributed by atoms with E-state index in [0.717, 1.165) is 17.4 Å². The number of fused-ring (bicyclic) bond motifs is 1. The molecule has 1 atom stereocenters. The van der Waals surface area contributed by atoms with Gasteiger partial charge < -0.3 is 14.4 Å². The highest BCUT2D eigenvalue weighted by Crippen LogP contribution is 2.21. The Morgan fingerprint density at radius 3 is 2.80 bits per heavy atom. The molecule has 1 unspecified atom stereocenters. The molecule has 0 saturated carbocycles. The first kappa shape index (κ1) is 17.6. The molecule has 1 aliphatic rings. The van der Waals surface area contributed by atoms with E-state index in [0.29, 0.717) is 38.3 Å². The summed E-state index contributed by atoms with van der Waals surface area (Å²) in [5.74, 6) is -0.0284. The standard InChI is InChI=1S/C19H24N2O4/c1-3-14-4-5-18-17(8-14)15(9-19(24)25-18)10-20-6-7-21(13(2)22)12-16(23)11-20/h4-5,8-9,16,23H,3,6-7,10-12H2,1-2H3. The van der Waals surface area contributed by atoms with Crippen LogP contribution in [0.3, 0.4) is 0 Å². The lowest BCUT2D eigenvalue weighted by molar-refractivity contribution is -0.129. The molecule has 2 heterocycles. The van der Waals surface area contributed by atoms with Gasteiger partial charge in [0.25, 0.3) is 0 Å². The van der Waals surface area contributed by atoms with Crippen molar-refractivity contribution in [3.05, 3.63) is 45.8 Å². The van der Waals surface area contributed by atoms with Crippen molar-refractivity contribution in [2.24, 2.45) is 0 Å². The van der Waals surface area contributed by atoms with Crippen LogP contribution in [0.2, 0.25) is 0 Å². The maximum atomic E-state index is 11.9. The van der Waals surface area contributed by atoms with E-state index in [-0.39, 0.29) is 11.5 Å². The zero-order valence-corrected chi connectivity index (χ0v) is 14.7. The predicted molar refractivity (Wildman–Crippen MR) is 95.4 cm³/mol. The number of carbonyl (C=O) groups is 1. The zero-order valence-electron chi connectivity index (χ0n) is 14.7. The summed E-state index contributed by atoms with van der Waals surface area (Å²) < 4.78 is 5.31. The van der Waals surface area contributed by atoms with Crippen LogP contribution in [0.25, 0.3) is 11.0 Å². The number of nitrogens with zero attached hydrogens (tertiary/aromatic N) is 2. The highest BCUT2D eigenvalue weighted by molar-refractivity contribution is 5.81. The number of β-amino-alcohol motifs (C(OH)–C–C–N with tert-alkyl or cyclic N) is 1. The lowest BCUT2D eigenvalue weighted by Crippen LogP contribution is -2.36. The van der Waals surface area contributed by atoms with Gasteiger partial charge >= 0.3 is 5.63 Å². The minimum atomic E-state index is -0.594. The first-order chi connectivity index (χ1) is 12.0. The fourth-order valence-electron chi connectivity index (χ4n) is 3.35. The first-order valence-corrected chi connectivity index (χ1v) is 8.68. The number of hydrogen-bond acceptors (Lipinski definition) is 5. The molecular formula is C19H24N2O4.